The van der Waals surface area contributed by atoms with E-state index in [1.54, 1.807) is 23.6 Å². The molecule has 0 spiro atoms. The molecule has 1 atom stereocenters. The van der Waals surface area contributed by atoms with Gasteiger partial charge in [-0.1, -0.05) is 6.92 Å². The van der Waals surface area contributed by atoms with Crippen LogP contribution in [0.2, 0.25) is 0 Å². The van der Waals surface area contributed by atoms with Crippen molar-refractivity contribution in [3.8, 4) is 0 Å². The van der Waals surface area contributed by atoms with Crippen LogP contribution in [0.1, 0.15) is 30.8 Å². The summed E-state index contributed by atoms with van der Waals surface area (Å²) < 4.78 is 28.9. The molecule has 0 saturated heterocycles. The number of rotatable bonds is 4. The minimum absolute atomic E-state index is 0.282. The number of nitrogens with zero attached hydrogens (tertiary/aromatic N) is 4. The molecule has 2 aromatic heterocycles. The largest absolute Gasteiger partial charge is 0.362 e. The molecule has 0 aliphatic rings. The molecular formula is C15H15F2N5. The number of hydrogen-bond acceptors (Lipinski definition) is 4. The van der Waals surface area contributed by atoms with Gasteiger partial charge in [0.1, 0.15) is 17.5 Å². The van der Waals surface area contributed by atoms with Gasteiger partial charge in [-0.05, 0) is 43.7 Å². The van der Waals surface area contributed by atoms with Gasteiger partial charge in [-0.2, -0.15) is 4.52 Å². The molecule has 2 heterocycles. The lowest BCUT2D eigenvalue weighted by Gasteiger charge is -2.18. The van der Waals surface area contributed by atoms with Crippen molar-refractivity contribution in [2.45, 2.75) is 26.3 Å². The van der Waals surface area contributed by atoms with E-state index in [0.717, 1.165) is 12.1 Å². The van der Waals surface area contributed by atoms with Crippen molar-refractivity contribution in [2.75, 3.05) is 5.32 Å². The molecule has 3 rings (SSSR count). The number of aromatic nitrogens is 4. The van der Waals surface area contributed by atoms with Gasteiger partial charge in [0.2, 0.25) is 0 Å². The van der Waals surface area contributed by atoms with Crippen molar-refractivity contribution in [3.63, 3.8) is 0 Å². The van der Waals surface area contributed by atoms with Crippen LogP contribution in [-0.2, 0) is 0 Å². The molecule has 0 saturated carbocycles. The molecule has 0 bridgehead atoms. The van der Waals surface area contributed by atoms with Gasteiger partial charge < -0.3 is 5.32 Å². The molecule has 0 fully saturated rings. The number of halogens is 2. The Morgan fingerprint density at radius 3 is 2.77 bits per heavy atom. The van der Waals surface area contributed by atoms with Gasteiger partial charge in [0, 0.05) is 5.56 Å². The molecule has 0 aliphatic carbocycles. The molecule has 1 aromatic carbocycles. The summed E-state index contributed by atoms with van der Waals surface area (Å²) in [4.78, 5) is 0. The Kier molecular flexibility index (Phi) is 3.70. The van der Waals surface area contributed by atoms with E-state index in [1.807, 2.05) is 6.92 Å². The molecule has 7 heteroatoms. The lowest BCUT2D eigenvalue weighted by Crippen LogP contribution is -2.14. The number of nitrogens with one attached hydrogen (secondary N) is 1. The first-order valence-corrected chi connectivity index (χ1v) is 6.99. The summed E-state index contributed by atoms with van der Waals surface area (Å²) in [7, 11) is 0. The van der Waals surface area contributed by atoms with Gasteiger partial charge in [-0.15, -0.1) is 15.3 Å². The molecule has 0 aliphatic heterocycles. The fourth-order valence-corrected chi connectivity index (χ4v) is 2.33. The Bertz CT molecular complexity index is 815. The highest BCUT2D eigenvalue weighted by atomic mass is 19.1. The van der Waals surface area contributed by atoms with Crippen LogP contribution < -0.4 is 5.32 Å². The molecule has 1 N–H and O–H groups in total. The summed E-state index contributed by atoms with van der Waals surface area (Å²) in [5, 5.41) is 15.4. The summed E-state index contributed by atoms with van der Waals surface area (Å²) >= 11 is 0. The van der Waals surface area contributed by atoms with Gasteiger partial charge in [0.25, 0.3) is 0 Å². The van der Waals surface area contributed by atoms with E-state index in [9.17, 15) is 8.78 Å². The van der Waals surface area contributed by atoms with Crippen molar-refractivity contribution < 1.29 is 8.78 Å². The summed E-state index contributed by atoms with van der Waals surface area (Å²) in [5.74, 6) is 0.298. The highest BCUT2D eigenvalue weighted by molar-refractivity contribution is 5.45. The van der Waals surface area contributed by atoms with Crippen LogP contribution in [0.15, 0.2) is 30.3 Å². The number of fused-ring (bicyclic) bond motifs is 1. The van der Waals surface area contributed by atoms with Gasteiger partial charge >= 0.3 is 0 Å². The summed E-state index contributed by atoms with van der Waals surface area (Å²) in [5.41, 5.74) is 0.915. The third-order valence-electron chi connectivity index (χ3n) is 3.48. The van der Waals surface area contributed by atoms with E-state index in [4.69, 9.17) is 0 Å². The SMILES string of the molecule is CC[C@@H](Nc1ccc2nnc(C)n2n1)c1cc(F)ccc1F. The first-order valence-electron chi connectivity index (χ1n) is 6.99. The van der Waals surface area contributed by atoms with Crippen LogP contribution in [0.4, 0.5) is 14.6 Å². The van der Waals surface area contributed by atoms with Crippen LogP contribution >= 0.6 is 0 Å². The second-order valence-corrected chi connectivity index (χ2v) is 5.01. The summed E-state index contributed by atoms with van der Waals surface area (Å²) in [6.07, 6.45) is 0.585. The van der Waals surface area contributed by atoms with Crippen molar-refractivity contribution in [1.82, 2.24) is 19.8 Å². The van der Waals surface area contributed by atoms with Crippen molar-refractivity contribution >= 4 is 11.5 Å². The Labute approximate surface area is 126 Å². The van der Waals surface area contributed by atoms with Crippen molar-refractivity contribution in [1.29, 1.82) is 0 Å². The first kappa shape index (κ1) is 14.4. The molecule has 0 unspecified atom stereocenters. The van der Waals surface area contributed by atoms with Gasteiger partial charge in [0.05, 0.1) is 6.04 Å². The first-order chi connectivity index (χ1) is 10.6. The number of benzene rings is 1. The average molecular weight is 303 g/mol. The molecule has 0 radical (unpaired) electrons. The van der Waals surface area contributed by atoms with E-state index in [0.29, 0.717) is 23.7 Å². The lowest BCUT2D eigenvalue weighted by atomic mass is 10.0. The zero-order chi connectivity index (χ0) is 15.7. The maximum absolute atomic E-state index is 13.9. The quantitative estimate of drug-likeness (QED) is 0.803. The highest BCUT2D eigenvalue weighted by Gasteiger charge is 2.16. The minimum Gasteiger partial charge on any atom is -0.362 e. The highest BCUT2D eigenvalue weighted by Crippen LogP contribution is 2.24. The molecule has 114 valence electrons. The maximum Gasteiger partial charge on any atom is 0.178 e. The van der Waals surface area contributed by atoms with E-state index in [2.05, 4.69) is 20.6 Å². The van der Waals surface area contributed by atoms with Gasteiger partial charge in [0.15, 0.2) is 11.5 Å². The fourth-order valence-electron chi connectivity index (χ4n) is 2.33. The predicted molar refractivity (Wildman–Crippen MR) is 78.5 cm³/mol. The van der Waals surface area contributed by atoms with Gasteiger partial charge in [-0.25, -0.2) is 8.78 Å². The zero-order valence-corrected chi connectivity index (χ0v) is 12.2. The monoisotopic (exact) mass is 303 g/mol. The van der Waals surface area contributed by atoms with Crippen LogP contribution in [0.5, 0.6) is 0 Å². The standard InChI is InChI=1S/C15H15F2N5/c1-3-13(11-8-10(16)4-5-12(11)17)18-14-6-7-15-20-19-9(2)22(15)21-14/h4-8,13H,3H2,1-2H3,(H,18,21)/t13-/m1/s1. The number of aryl methyl sites for hydroxylation is 1. The zero-order valence-electron chi connectivity index (χ0n) is 12.2. The lowest BCUT2D eigenvalue weighted by molar-refractivity contribution is 0.566. The summed E-state index contributed by atoms with van der Waals surface area (Å²) in [6.45, 7) is 3.69. The second kappa shape index (κ2) is 5.67. The number of hydrogen-bond donors (Lipinski definition) is 1. The third kappa shape index (κ3) is 2.61. The fraction of sp³-hybridized carbons (Fsp3) is 0.267. The molecule has 3 aromatic rings. The third-order valence-corrected chi connectivity index (χ3v) is 3.48. The van der Waals surface area contributed by atoms with Crippen LogP contribution in [0, 0.1) is 18.6 Å². The van der Waals surface area contributed by atoms with Crippen molar-refractivity contribution in [2.24, 2.45) is 0 Å². The van der Waals surface area contributed by atoms with Crippen molar-refractivity contribution in [3.05, 3.63) is 53.4 Å². The minimum atomic E-state index is -0.463. The molecule has 5 nitrogen and oxygen atoms in total. The molecule has 0 amide bonds. The Morgan fingerprint density at radius 2 is 2.00 bits per heavy atom. The summed E-state index contributed by atoms with van der Waals surface area (Å²) in [6, 6.07) is 6.58. The van der Waals surface area contributed by atoms with E-state index < -0.39 is 11.6 Å². The van der Waals surface area contributed by atoms with E-state index in [1.165, 1.54) is 6.07 Å². The van der Waals surface area contributed by atoms with Crippen LogP contribution in [-0.4, -0.2) is 19.8 Å². The Balaban J connectivity index is 1.93. The Morgan fingerprint density at radius 1 is 1.18 bits per heavy atom. The predicted octanol–water partition coefficient (Wildman–Crippen LogP) is 3.27. The Hall–Kier alpha value is -2.57. The molecule has 22 heavy (non-hydrogen) atoms. The average Bonchev–Trinajstić information content (AvgIpc) is 2.88. The maximum atomic E-state index is 13.9. The van der Waals surface area contributed by atoms with Crippen LogP contribution in [0.25, 0.3) is 5.65 Å². The normalized spacial score (nSPS) is 12.5. The van der Waals surface area contributed by atoms with Crippen LogP contribution in [0.3, 0.4) is 0 Å². The topological polar surface area (TPSA) is 55.1 Å². The van der Waals surface area contributed by atoms with E-state index >= 15 is 0 Å². The molecular weight excluding hydrogens is 288 g/mol. The van der Waals surface area contributed by atoms with Gasteiger partial charge in [-0.3, -0.25) is 0 Å². The smallest absolute Gasteiger partial charge is 0.178 e. The second-order valence-electron chi connectivity index (χ2n) is 5.01. The van der Waals surface area contributed by atoms with E-state index in [-0.39, 0.29) is 11.6 Å². The number of anilines is 1.